The zero-order valence-electron chi connectivity index (χ0n) is 20.8. The van der Waals surface area contributed by atoms with Crippen LogP contribution in [0.5, 0.6) is 5.75 Å². The number of hydrogen-bond acceptors (Lipinski definition) is 3. The minimum absolute atomic E-state index is 0.0706. The van der Waals surface area contributed by atoms with Gasteiger partial charge in [-0.3, -0.25) is 9.59 Å². The van der Waals surface area contributed by atoms with Crippen LogP contribution in [-0.2, 0) is 22.6 Å². The quantitative estimate of drug-likeness (QED) is 0.328. The first-order chi connectivity index (χ1) is 17.2. The van der Waals surface area contributed by atoms with Crippen LogP contribution in [0.25, 0.3) is 0 Å². The molecular formula is C29H32Cl2N2O3. The molecule has 0 aliphatic heterocycles. The van der Waals surface area contributed by atoms with Gasteiger partial charge < -0.3 is 15.0 Å². The van der Waals surface area contributed by atoms with Gasteiger partial charge in [0.15, 0.2) is 6.61 Å². The first-order valence-corrected chi connectivity index (χ1v) is 12.7. The van der Waals surface area contributed by atoms with E-state index in [2.05, 4.69) is 5.32 Å². The SMILES string of the molecule is Cc1ccc(OCC(=O)N(Cc2c(Cl)cccc2Cl)[C@@H](Cc2ccccc2)C(=O)NCC(C)C)cc1. The molecule has 2 amide bonds. The molecule has 0 bridgehead atoms. The van der Waals surface area contributed by atoms with Gasteiger partial charge in [-0.15, -0.1) is 0 Å². The summed E-state index contributed by atoms with van der Waals surface area (Å²) in [6.45, 7) is 6.37. The summed E-state index contributed by atoms with van der Waals surface area (Å²) in [6.07, 6.45) is 0.336. The molecule has 0 unspecified atom stereocenters. The standard InChI is InChI=1S/C29H32Cl2N2O3/c1-20(2)17-32-29(35)27(16-22-8-5-4-6-9-22)33(18-24-25(30)10-7-11-26(24)31)28(34)19-36-23-14-12-21(3)13-15-23/h4-15,20,27H,16-19H2,1-3H3,(H,32,35)/t27-/m0/s1. The number of halogens is 2. The molecule has 0 aliphatic rings. The molecule has 0 fully saturated rings. The molecule has 36 heavy (non-hydrogen) atoms. The molecule has 1 atom stereocenters. The largest absolute Gasteiger partial charge is 0.484 e. The Morgan fingerprint density at radius 2 is 1.56 bits per heavy atom. The van der Waals surface area contributed by atoms with Crippen LogP contribution in [0.1, 0.15) is 30.5 Å². The molecule has 1 N–H and O–H groups in total. The smallest absolute Gasteiger partial charge is 0.261 e. The number of hydrogen-bond donors (Lipinski definition) is 1. The third-order valence-electron chi connectivity index (χ3n) is 5.73. The van der Waals surface area contributed by atoms with Crippen LogP contribution in [0, 0.1) is 12.8 Å². The van der Waals surface area contributed by atoms with Crippen molar-refractivity contribution < 1.29 is 14.3 Å². The fraction of sp³-hybridized carbons (Fsp3) is 0.310. The molecule has 5 nitrogen and oxygen atoms in total. The summed E-state index contributed by atoms with van der Waals surface area (Å²) in [5, 5.41) is 3.86. The number of aryl methyl sites for hydroxylation is 1. The van der Waals surface area contributed by atoms with Crippen molar-refractivity contribution in [3.05, 3.63) is 99.5 Å². The average molecular weight is 527 g/mol. The second-order valence-corrected chi connectivity index (χ2v) is 9.98. The van der Waals surface area contributed by atoms with E-state index < -0.39 is 6.04 Å². The zero-order valence-corrected chi connectivity index (χ0v) is 22.4. The first kappa shape index (κ1) is 27.6. The van der Waals surface area contributed by atoms with Gasteiger partial charge in [-0.2, -0.15) is 0 Å². The van der Waals surface area contributed by atoms with Crippen LogP contribution in [-0.4, -0.2) is 35.9 Å². The molecule has 3 rings (SSSR count). The van der Waals surface area contributed by atoms with Crippen LogP contribution in [0.4, 0.5) is 0 Å². The Hall–Kier alpha value is -3.02. The third kappa shape index (κ3) is 8.00. The van der Waals surface area contributed by atoms with E-state index in [0.717, 1.165) is 11.1 Å². The van der Waals surface area contributed by atoms with E-state index in [1.807, 2.05) is 75.4 Å². The monoisotopic (exact) mass is 526 g/mol. The number of benzene rings is 3. The maximum Gasteiger partial charge on any atom is 0.261 e. The predicted octanol–water partition coefficient (Wildman–Crippen LogP) is 6.09. The summed E-state index contributed by atoms with van der Waals surface area (Å²) < 4.78 is 5.79. The van der Waals surface area contributed by atoms with Gasteiger partial charge in [0, 0.05) is 35.1 Å². The molecule has 7 heteroatoms. The third-order valence-corrected chi connectivity index (χ3v) is 6.44. The number of nitrogens with one attached hydrogen (secondary N) is 1. The van der Waals surface area contributed by atoms with Gasteiger partial charge in [0.05, 0.1) is 0 Å². The highest BCUT2D eigenvalue weighted by Crippen LogP contribution is 2.27. The molecule has 0 saturated carbocycles. The Balaban J connectivity index is 1.94. The highest BCUT2D eigenvalue weighted by Gasteiger charge is 2.31. The molecular weight excluding hydrogens is 495 g/mol. The lowest BCUT2D eigenvalue weighted by Gasteiger charge is -2.32. The lowest BCUT2D eigenvalue weighted by atomic mass is 10.0. The number of nitrogens with zero attached hydrogens (tertiary/aromatic N) is 1. The van der Waals surface area contributed by atoms with Crippen molar-refractivity contribution >= 4 is 35.0 Å². The maximum absolute atomic E-state index is 13.6. The molecule has 0 heterocycles. The summed E-state index contributed by atoms with van der Waals surface area (Å²) in [6, 6.07) is 21.5. The minimum atomic E-state index is -0.785. The van der Waals surface area contributed by atoms with Crippen molar-refractivity contribution in [1.82, 2.24) is 10.2 Å². The van der Waals surface area contributed by atoms with Gasteiger partial charge in [0.2, 0.25) is 5.91 Å². The van der Waals surface area contributed by atoms with E-state index in [0.29, 0.717) is 34.3 Å². The fourth-order valence-electron chi connectivity index (χ4n) is 3.69. The molecule has 0 radical (unpaired) electrons. The van der Waals surface area contributed by atoms with E-state index in [4.69, 9.17) is 27.9 Å². The second kappa shape index (κ2) is 13.3. The molecule has 0 aliphatic carbocycles. The number of ether oxygens (including phenoxy) is 1. The van der Waals surface area contributed by atoms with Gasteiger partial charge in [-0.05, 0) is 42.7 Å². The van der Waals surface area contributed by atoms with Crippen LogP contribution in [0.3, 0.4) is 0 Å². The summed E-state index contributed by atoms with van der Waals surface area (Å²) in [5.74, 6) is 0.263. The van der Waals surface area contributed by atoms with E-state index in [1.165, 1.54) is 4.90 Å². The minimum Gasteiger partial charge on any atom is -0.484 e. The van der Waals surface area contributed by atoms with Gasteiger partial charge >= 0.3 is 0 Å². The van der Waals surface area contributed by atoms with Crippen LogP contribution in [0.2, 0.25) is 10.0 Å². The molecule has 3 aromatic rings. The molecule has 190 valence electrons. The number of rotatable bonds is 11. The highest BCUT2D eigenvalue weighted by atomic mass is 35.5. The predicted molar refractivity (Wildman–Crippen MR) is 145 cm³/mol. The van der Waals surface area contributed by atoms with Crippen LogP contribution >= 0.6 is 23.2 Å². The van der Waals surface area contributed by atoms with Crippen molar-refractivity contribution in [2.24, 2.45) is 5.92 Å². The van der Waals surface area contributed by atoms with Crippen molar-refractivity contribution in [3.8, 4) is 5.75 Å². The van der Waals surface area contributed by atoms with E-state index in [9.17, 15) is 9.59 Å². The fourth-order valence-corrected chi connectivity index (χ4v) is 4.21. The van der Waals surface area contributed by atoms with Crippen molar-refractivity contribution in [2.75, 3.05) is 13.2 Å². The Labute approximate surface area is 223 Å². The Morgan fingerprint density at radius 3 is 2.17 bits per heavy atom. The Morgan fingerprint density at radius 1 is 0.917 bits per heavy atom. The topological polar surface area (TPSA) is 58.6 Å². The molecule has 3 aromatic carbocycles. The first-order valence-electron chi connectivity index (χ1n) is 12.0. The van der Waals surface area contributed by atoms with E-state index in [1.54, 1.807) is 18.2 Å². The van der Waals surface area contributed by atoms with Gasteiger partial charge in [-0.25, -0.2) is 0 Å². The van der Waals surface area contributed by atoms with Gasteiger partial charge in [-0.1, -0.05) is 91.1 Å². The average Bonchev–Trinajstić information content (AvgIpc) is 2.86. The number of amides is 2. The molecule has 0 saturated heterocycles. The summed E-state index contributed by atoms with van der Waals surface area (Å²) >= 11 is 12.9. The van der Waals surface area contributed by atoms with E-state index in [-0.39, 0.29) is 30.9 Å². The summed E-state index contributed by atoms with van der Waals surface area (Å²) in [4.78, 5) is 28.6. The van der Waals surface area contributed by atoms with Crippen molar-refractivity contribution in [1.29, 1.82) is 0 Å². The highest BCUT2D eigenvalue weighted by molar-refractivity contribution is 6.36. The number of carbonyl (C=O) groups excluding carboxylic acids is 2. The van der Waals surface area contributed by atoms with E-state index >= 15 is 0 Å². The van der Waals surface area contributed by atoms with Crippen LogP contribution in [0.15, 0.2) is 72.8 Å². The van der Waals surface area contributed by atoms with Crippen molar-refractivity contribution in [3.63, 3.8) is 0 Å². The molecule has 0 spiro atoms. The lowest BCUT2D eigenvalue weighted by Crippen LogP contribution is -2.52. The summed E-state index contributed by atoms with van der Waals surface area (Å²) in [7, 11) is 0. The maximum atomic E-state index is 13.6. The lowest BCUT2D eigenvalue weighted by molar-refractivity contribution is -0.142. The summed E-state index contributed by atoms with van der Waals surface area (Å²) in [5.41, 5.74) is 2.61. The van der Waals surface area contributed by atoms with Gasteiger partial charge in [0.1, 0.15) is 11.8 Å². The normalized spacial score (nSPS) is 11.7. The number of carbonyl (C=O) groups is 2. The second-order valence-electron chi connectivity index (χ2n) is 9.17. The molecule has 0 aromatic heterocycles. The van der Waals surface area contributed by atoms with Gasteiger partial charge in [0.25, 0.3) is 5.91 Å². The van der Waals surface area contributed by atoms with Crippen molar-refractivity contribution in [2.45, 2.75) is 39.8 Å². The van der Waals surface area contributed by atoms with Crippen LogP contribution < -0.4 is 10.1 Å². The zero-order chi connectivity index (χ0) is 26.1. The Bertz CT molecular complexity index is 1130. The Kier molecular flexibility index (Phi) is 10.2.